The van der Waals surface area contributed by atoms with Crippen molar-refractivity contribution in [3.63, 3.8) is 0 Å². The van der Waals surface area contributed by atoms with Gasteiger partial charge in [-0.25, -0.2) is 9.97 Å². The molecular weight excluding hydrogens is 308 g/mol. The quantitative estimate of drug-likeness (QED) is 0.672. The summed E-state index contributed by atoms with van der Waals surface area (Å²) in [5, 5.41) is 11.2. The van der Waals surface area contributed by atoms with E-state index in [-0.39, 0.29) is 10.6 Å². The summed E-state index contributed by atoms with van der Waals surface area (Å²) in [4.78, 5) is 23.6. The van der Waals surface area contributed by atoms with Crippen molar-refractivity contribution in [3.05, 3.63) is 52.0 Å². The summed E-state index contributed by atoms with van der Waals surface area (Å²) >= 11 is 0. The van der Waals surface area contributed by atoms with Gasteiger partial charge in [-0.15, -0.1) is 0 Å². The zero-order valence-electron chi connectivity index (χ0n) is 13.6. The lowest BCUT2D eigenvalue weighted by molar-refractivity contribution is -0.384. The Balaban J connectivity index is 1.65. The maximum atomic E-state index is 11.2. The number of para-hydroxylation sites is 2. The third-order valence-electron chi connectivity index (χ3n) is 4.20. The molecule has 0 amide bonds. The van der Waals surface area contributed by atoms with Crippen LogP contribution in [0.4, 0.5) is 17.2 Å². The number of nitro groups is 1. The van der Waals surface area contributed by atoms with Gasteiger partial charge in [0.2, 0.25) is 0 Å². The lowest BCUT2D eigenvalue weighted by Gasteiger charge is -2.35. The monoisotopic (exact) mass is 328 g/mol. The summed E-state index contributed by atoms with van der Waals surface area (Å²) < 4.78 is 0. The van der Waals surface area contributed by atoms with E-state index in [0.717, 1.165) is 31.7 Å². The standard InChI is InChI=1S/C16H20N6O2/c1-12-18-10-13(16(17)19-12)11-20-6-8-21(9-7-20)14-4-2-3-5-15(14)22(23)24/h2-5,10H,6-9,11H2,1H3,(H2,17,18,19). The number of nitrogen functional groups attached to an aromatic ring is 1. The lowest BCUT2D eigenvalue weighted by atomic mass is 10.2. The number of nitrogens with two attached hydrogens (primary N) is 1. The van der Waals surface area contributed by atoms with E-state index >= 15 is 0 Å². The van der Waals surface area contributed by atoms with Crippen LogP contribution in [0.5, 0.6) is 0 Å². The number of piperazine rings is 1. The average Bonchev–Trinajstić information content (AvgIpc) is 2.58. The third kappa shape index (κ3) is 3.43. The van der Waals surface area contributed by atoms with Crippen molar-refractivity contribution in [3.8, 4) is 0 Å². The van der Waals surface area contributed by atoms with Crippen LogP contribution in [-0.2, 0) is 6.54 Å². The fourth-order valence-corrected chi connectivity index (χ4v) is 2.91. The molecule has 0 unspecified atom stereocenters. The minimum Gasteiger partial charge on any atom is -0.383 e. The molecule has 0 bridgehead atoms. The SMILES string of the molecule is Cc1ncc(CN2CCN(c3ccccc3[N+](=O)[O-])CC2)c(N)n1. The molecule has 0 saturated carbocycles. The van der Waals surface area contributed by atoms with Crippen LogP contribution in [-0.4, -0.2) is 46.0 Å². The van der Waals surface area contributed by atoms with E-state index in [1.54, 1.807) is 24.4 Å². The number of benzene rings is 1. The summed E-state index contributed by atoms with van der Waals surface area (Å²) in [5.41, 5.74) is 7.70. The maximum Gasteiger partial charge on any atom is 0.292 e. The molecule has 1 aromatic carbocycles. The van der Waals surface area contributed by atoms with Crippen molar-refractivity contribution in [2.24, 2.45) is 0 Å². The molecule has 3 rings (SSSR count). The molecule has 1 aliphatic rings. The number of aromatic nitrogens is 2. The normalized spacial score (nSPS) is 15.5. The second-order valence-electron chi connectivity index (χ2n) is 5.84. The first kappa shape index (κ1) is 16.1. The van der Waals surface area contributed by atoms with E-state index in [1.165, 1.54) is 0 Å². The van der Waals surface area contributed by atoms with E-state index in [2.05, 4.69) is 19.8 Å². The number of hydrogen-bond acceptors (Lipinski definition) is 7. The maximum absolute atomic E-state index is 11.2. The molecule has 8 nitrogen and oxygen atoms in total. The molecule has 2 N–H and O–H groups in total. The molecule has 1 saturated heterocycles. The molecule has 2 heterocycles. The largest absolute Gasteiger partial charge is 0.383 e. The number of nitrogens with zero attached hydrogens (tertiary/aromatic N) is 5. The second kappa shape index (κ2) is 6.79. The third-order valence-corrected chi connectivity index (χ3v) is 4.20. The Kier molecular flexibility index (Phi) is 4.57. The molecule has 0 radical (unpaired) electrons. The molecule has 1 aromatic heterocycles. The van der Waals surface area contributed by atoms with Gasteiger partial charge in [-0.3, -0.25) is 15.0 Å². The van der Waals surface area contributed by atoms with Gasteiger partial charge in [0.05, 0.1) is 4.92 Å². The smallest absolute Gasteiger partial charge is 0.292 e. The van der Waals surface area contributed by atoms with Gasteiger partial charge in [0, 0.05) is 50.6 Å². The van der Waals surface area contributed by atoms with Crippen molar-refractivity contribution in [2.75, 3.05) is 36.8 Å². The molecule has 0 spiro atoms. The first-order valence-electron chi connectivity index (χ1n) is 7.83. The summed E-state index contributed by atoms with van der Waals surface area (Å²) in [7, 11) is 0. The summed E-state index contributed by atoms with van der Waals surface area (Å²) in [6, 6.07) is 6.88. The van der Waals surface area contributed by atoms with E-state index < -0.39 is 0 Å². The number of hydrogen-bond donors (Lipinski definition) is 1. The molecule has 0 aliphatic carbocycles. The number of nitro benzene ring substituents is 1. The molecule has 0 atom stereocenters. The van der Waals surface area contributed by atoms with Crippen molar-refractivity contribution in [2.45, 2.75) is 13.5 Å². The van der Waals surface area contributed by atoms with Crippen LogP contribution >= 0.6 is 0 Å². The van der Waals surface area contributed by atoms with Gasteiger partial charge in [-0.05, 0) is 13.0 Å². The van der Waals surface area contributed by atoms with Crippen LogP contribution < -0.4 is 10.6 Å². The lowest BCUT2D eigenvalue weighted by Crippen LogP contribution is -2.46. The fraction of sp³-hybridized carbons (Fsp3) is 0.375. The van der Waals surface area contributed by atoms with E-state index in [1.807, 2.05) is 13.0 Å². The summed E-state index contributed by atoms with van der Waals surface area (Å²) in [6.45, 7) is 5.58. The molecule has 24 heavy (non-hydrogen) atoms. The Hall–Kier alpha value is -2.74. The highest BCUT2D eigenvalue weighted by atomic mass is 16.6. The van der Waals surface area contributed by atoms with Crippen LogP contribution in [0.2, 0.25) is 0 Å². The Labute approximate surface area is 140 Å². The Bertz CT molecular complexity index is 743. The number of aryl methyl sites for hydroxylation is 1. The van der Waals surface area contributed by atoms with E-state index in [4.69, 9.17) is 5.73 Å². The summed E-state index contributed by atoms with van der Waals surface area (Å²) in [5.74, 6) is 1.18. The molecular formula is C16H20N6O2. The highest BCUT2D eigenvalue weighted by Gasteiger charge is 2.23. The van der Waals surface area contributed by atoms with E-state index in [9.17, 15) is 10.1 Å². The highest BCUT2D eigenvalue weighted by molar-refractivity contribution is 5.63. The number of anilines is 2. The van der Waals surface area contributed by atoms with Crippen molar-refractivity contribution in [1.82, 2.24) is 14.9 Å². The molecule has 1 fully saturated rings. The van der Waals surface area contributed by atoms with Crippen LogP contribution in [0, 0.1) is 17.0 Å². The minimum absolute atomic E-state index is 0.155. The Morgan fingerprint density at radius 1 is 1.25 bits per heavy atom. The number of rotatable bonds is 4. The molecule has 8 heteroatoms. The van der Waals surface area contributed by atoms with Crippen molar-refractivity contribution >= 4 is 17.2 Å². The molecule has 1 aliphatic heterocycles. The first-order chi connectivity index (χ1) is 11.5. The Morgan fingerprint density at radius 3 is 2.62 bits per heavy atom. The van der Waals surface area contributed by atoms with Crippen LogP contribution in [0.3, 0.4) is 0 Å². The average molecular weight is 328 g/mol. The second-order valence-corrected chi connectivity index (χ2v) is 5.84. The van der Waals surface area contributed by atoms with Crippen LogP contribution in [0.1, 0.15) is 11.4 Å². The molecule has 126 valence electrons. The van der Waals surface area contributed by atoms with Crippen molar-refractivity contribution < 1.29 is 4.92 Å². The van der Waals surface area contributed by atoms with Crippen LogP contribution in [0.25, 0.3) is 0 Å². The van der Waals surface area contributed by atoms with Gasteiger partial charge in [0.1, 0.15) is 17.3 Å². The zero-order chi connectivity index (χ0) is 17.1. The highest BCUT2D eigenvalue weighted by Crippen LogP contribution is 2.28. The van der Waals surface area contributed by atoms with Gasteiger partial charge < -0.3 is 10.6 Å². The zero-order valence-corrected chi connectivity index (χ0v) is 13.6. The minimum atomic E-state index is -0.327. The van der Waals surface area contributed by atoms with Gasteiger partial charge in [0.25, 0.3) is 5.69 Å². The molecule has 2 aromatic rings. The van der Waals surface area contributed by atoms with Gasteiger partial charge in [-0.1, -0.05) is 12.1 Å². The van der Waals surface area contributed by atoms with Gasteiger partial charge in [0.15, 0.2) is 0 Å². The van der Waals surface area contributed by atoms with Crippen LogP contribution in [0.15, 0.2) is 30.5 Å². The predicted molar refractivity (Wildman–Crippen MR) is 91.8 cm³/mol. The van der Waals surface area contributed by atoms with Gasteiger partial charge in [-0.2, -0.15) is 0 Å². The van der Waals surface area contributed by atoms with E-state index in [0.29, 0.717) is 23.9 Å². The van der Waals surface area contributed by atoms with Crippen molar-refractivity contribution in [1.29, 1.82) is 0 Å². The fourth-order valence-electron chi connectivity index (χ4n) is 2.91. The van der Waals surface area contributed by atoms with Gasteiger partial charge >= 0.3 is 0 Å². The summed E-state index contributed by atoms with van der Waals surface area (Å²) in [6.07, 6.45) is 1.77. The topological polar surface area (TPSA) is 101 Å². The first-order valence-corrected chi connectivity index (χ1v) is 7.83. The predicted octanol–water partition coefficient (Wildman–Crippen LogP) is 1.60. The Morgan fingerprint density at radius 2 is 1.96 bits per heavy atom.